The number of halogens is 1. The van der Waals surface area contributed by atoms with Gasteiger partial charge in [-0.1, -0.05) is 34.1 Å². The fourth-order valence-corrected chi connectivity index (χ4v) is 2.77. The lowest BCUT2D eigenvalue weighted by molar-refractivity contribution is 0.0602. The van der Waals surface area contributed by atoms with Crippen molar-refractivity contribution in [2.24, 2.45) is 0 Å². The van der Waals surface area contributed by atoms with E-state index < -0.39 is 0 Å². The molecule has 0 saturated heterocycles. The Morgan fingerprint density at radius 1 is 1.25 bits per heavy atom. The molecular weight excluding hydrogens is 288 g/mol. The number of methoxy groups -OCH3 is 1. The van der Waals surface area contributed by atoms with E-state index in [1.54, 1.807) is 5.38 Å². The van der Waals surface area contributed by atoms with Crippen LogP contribution in [0.1, 0.15) is 10.4 Å². The number of benzene rings is 1. The maximum Gasteiger partial charge on any atom is 0.339 e. The normalized spacial score (nSPS) is 10.1. The summed E-state index contributed by atoms with van der Waals surface area (Å²) in [5.74, 6) is -0.299. The van der Waals surface area contributed by atoms with Crippen LogP contribution in [-0.2, 0) is 4.74 Å². The van der Waals surface area contributed by atoms with Crippen molar-refractivity contribution in [1.82, 2.24) is 0 Å². The fraction of sp³-hybridized carbons (Fsp3) is 0.0833. The van der Waals surface area contributed by atoms with Crippen molar-refractivity contribution in [2.75, 3.05) is 7.11 Å². The lowest BCUT2D eigenvalue weighted by Gasteiger charge is -2.04. The molecule has 1 aromatic carbocycles. The summed E-state index contributed by atoms with van der Waals surface area (Å²) in [7, 11) is 1.39. The summed E-state index contributed by atoms with van der Waals surface area (Å²) < 4.78 is 5.72. The first-order valence-corrected chi connectivity index (χ1v) is 6.37. The zero-order valence-corrected chi connectivity index (χ0v) is 11.0. The van der Waals surface area contributed by atoms with Gasteiger partial charge in [-0.3, -0.25) is 0 Å². The summed E-state index contributed by atoms with van der Waals surface area (Å²) in [5.41, 5.74) is 2.52. The van der Waals surface area contributed by atoms with Crippen molar-refractivity contribution in [1.29, 1.82) is 0 Å². The SMILES string of the molecule is COC(=O)c1cscc1-c1ccccc1Br. The molecular formula is C12H9BrO2S. The van der Waals surface area contributed by atoms with Crippen LogP contribution >= 0.6 is 27.3 Å². The summed E-state index contributed by atoms with van der Waals surface area (Å²) >= 11 is 4.97. The van der Waals surface area contributed by atoms with E-state index in [2.05, 4.69) is 15.9 Å². The van der Waals surface area contributed by atoms with Gasteiger partial charge in [0.05, 0.1) is 12.7 Å². The van der Waals surface area contributed by atoms with E-state index in [1.165, 1.54) is 18.4 Å². The number of hydrogen-bond acceptors (Lipinski definition) is 3. The standard InChI is InChI=1S/C12H9BrO2S/c1-15-12(14)10-7-16-6-9(10)8-4-2-3-5-11(8)13/h2-7H,1H3. The number of carbonyl (C=O) groups is 1. The lowest BCUT2D eigenvalue weighted by atomic mass is 10.1. The van der Waals surface area contributed by atoms with Gasteiger partial charge in [-0.15, -0.1) is 0 Å². The van der Waals surface area contributed by atoms with Crippen molar-refractivity contribution >= 4 is 33.2 Å². The number of hydrogen-bond donors (Lipinski definition) is 0. The molecule has 0 fully saturated rings. The summed E-state index contributed by atoms with van der Waals surface area (Å²) in [6, 6.07) is 7.81. The summed E-state index contributed by atoms with van der Waals surface area (Å²) in [4.78, 5) is 11.5. The zero-order valence-electron chi connectivity index (χ0n) is 8.57. The quantitative estimate of drug-likeness (QED) is 0.784. The van der Waals surface area contributed by atoms with Crippen molar-refractivity contribution in [3.8, 4) is 11.1 Å². The molecule has 0 unspecified atom stereocenters. The van der Waals surface area contributed by atoms with Gasteiger partial charge < -0.3 is 4.74 Å². The van der Waals surface area contributed by atoms with Gasteiger partial charge >= 0.3 is 5.97 Å². The summed E-state index contributed by atoms with van der Waals surface area (Å²) in [6.07, 6.45) is 0. The van der Waals surface area contributed by atoms with Crippen LogP contribution in [0.3, 0.4) is 0 Å². The van der Waals surface area contributed by atoms with E-state index in [0.29, 0.717) is 5.56 Å². The molecule has 0 bridgehead atoms. The van der Waals surface area contributed by atoms with Crippen LogP contribution < -0.4 is 0 Å². The summed E-state index contributed by atoms with van der Waals surface area (Å²) in [5, 5.41) is 3.76. The molecule has 0 radical (unpaired) electrons. The second kappa shape index (κ2) is 4.80. The first-order chi connectivity index (χ1) is 7.74. The van der Waals surface area contributed by atoms with E-state index in [9.17, 15) is 4.79 Å². The monoisotopic (exact) mass is 296 g/mol. The van der Waals surface area contributed by atoms with Gasteiger partial charge in [0.2, 0.25) is 0 Å². The predicted molar refractivity (Wildman–Crippen MR) is 68.8 cm³/mol. The van der Waals surface area contributed by atoms with E-state index >= 15 is 0 Å². The number of rotatable bonds is 2. The Bertz CT molecular complexity index is 519. The number of ether oxygens (including phenoxy) is 1. The first kappa shape index (κ1) is 11.4. The molecule has 1 heterocycles. The molecule has 0 N–H and O–H groups in total. The Morgan fingerprint density at radius 2 is 2.00 bits per heavy atom. The van der Waals surface area contributed by atoms with E-state index in [1.807, 2.05) is 29.6 Å². The molecule has 0 spiro atoms. The Kier molecular flexibility index (Phi) is 3.41. The predicted octanol–water partition coefficient (Wildman–Crippen LogP) is 3.96. The van der Waals surface area contributed by atoms with E-state index in [0.717, 1.165) is 15.6 Å². The molecule has 0 aliphatic heterocycles. The topological polar surface area (TPSA) is 26.3 Å². The first-order valence-electron chi connectivity index (χ1n) is 4.63. The molecule has 0 aliphatic carbocycles. The van der Waals surface area contributed by atoms with Crippen LogP contribution in [0.4, 0.5) is 0 Å². The largest absolute Gasteiger partial charge is 0.465 e. The molecule has 4 heteroatoms. The molecule has 1 aromatic heterocycles. The van der Waals surface area contributed by atoms with Gasteiger partial charge in [0.25, 0.3) is 0 Å². The average molecular weight is 297 g/mol. The average Bonchev–Trinajstić information content (AvgIpc) is 2.77. The highest BCUT2D eigenvalue weighted by atomic mass is 79.9. The second-order valence-corrected chi connectivity index (χ2v) is 4.77. The van der Waals surface area contributed by atoms with Crippen LogP contribution in [0.2, 0.25) is 0 Å². The molecule has 2 aromatic rings. The zero-order chi connectivity index (χ0) is 11.5. The van der Waals surface area contributed by atoms with Crippen molar-refractivity contribution in [3.63, 3.8) is 0 Å². The third kappa shape index (κ3) is 2.03. The molecule has 0 amide bonds. The minimum Gasteiger partial charge on any atom is -0.465 e. The fourth-order valence-electron chi connectivity index (χ4n) is 1.45. The van der Waals surface area contributed by atoms with Crippen LogP contribution in [0, 0.1) is 0 Å². The minimum absolute atomic E-state index is 0.299. The smallest absolute Gasteiger partial charge is 0.339 e. The Balaban J connectivity index is 2.53. The molecule has 0 atom stereocenters. The van der Waals surface area contributed by atoms with Gasteiger partial charge in [-0.05, 0) is 17.0 Å². The molecule has 0 saturated carbocycles. The molecule has 0 aliphatic rings. The highest BCUT2D eigenvalue weighted by Crippen LogP contribution is 2.33. The highest BCUT2D eigenvalue weighted by Gasteiger charge is 2.15. The number of esters is 1. The van der Waals surface area contributed by atoms with Gasteiger partial charge in [0.1, 0.15) is 0 Å². The van der Waals surface area contributed by atoms with Crippen LogP contribution in [0.5, 0.6) is 0 Å². The Hall–Kier alpha value is -1.13. The Labute approximate surface area is 106 Å². The van der Waals surface area contributed by atoms with Gasteiger partial charge in [-0.2, -0.15) is 11.3 Å². The van der Waals surface area contributed by atoms with Gasteiger partial charge in [-0.25, -0.2) is 4.79 Å². The minimum atomic E-state index is -0.299. The number of thiophene rings is 1. The molecule has 82 valence electrons. The van der Waals surface area contributed by atoms with Crippen molar-refractivity contribution in [2.45, 2.75) is 0 Å². The third-order valence-electron chi connectivity index (χ3n) is 2.23. The van der Waals surface area contributed by atoms with E-state index in [4.69, 9.17) is 4.74 Å². The van der Waals surface area contributed by atoms with Crippen molar-refractivity contribution in [3.05, 3.63) is 45.1 Å². The molecule has 16 heavy (non-hydrogen) atoms. The molecule has 2 nitrogen and oxygen atoms in total. The maximum atomic E-state index is 11.5. The summed E-state index contributed by atoms with van der Waals surface area (Å²) in [6.45, 7) is 0. The Morgan fingerprint density at radius 3 is 2.69 bits per heavy atom. The number of carbonyl (C=O) groups excluding carboxylic acids is 1. The third-order valence-corrected chi connectivity index (χ3v) is 3.67. The van der Waals surface area contributed by atoms with Crippen LogP contribution in [0.25, 0.3) is 11.1 Å². The lowest BCUT2D eigenvalue weighted by Crippen LogP contribution is -2.00. The maximum absolute atomic E-state index is 11.5. The van der Waals surface area contributed by atoms with Crippen LogP contribution in [-0.4, -0.2) is 13.1 Å². The van der Waals surface area contributed by atoms with Crippen molar-refractivity contribution < 1.29 is 9.53 Å². The molecule has 2 rings (SSSR count). The highest BCUT2D eigenvalue weighted by molar-refractivity contribution is 9.10. The van der Waals surface area contributed by atoms with E-state index in [-0.39, 0.29) is 5.97 Å². The second-order valence-electron chi connectivity index (χ2n) is 3.17. The van der Waals surface area contributed by atoms with Crippen LogP contribution in [0.15, 0.2) is 39.5 Å². The van der Waals surface area contributed by atoms with Gasteiger partial charge in [0.15, 0.2) is 0 Å². The van der Waals surface area contributed by atoms with Gasteiger partial charge in [0, 0.05) is 15.4 Å².